The van der Waals surface area contributed by atoms with Crippen LogP contribution in [0.5, 0.6) is 11.5 Å². The van der Waals surface area contributed by atoms with Crippen LogP contribution in [0.25, 0.3) is 0 Å². The van der Waals surface area contributed by atoms with Crippen molar-refractivity contribution in [1.82, 2.24) is 5.32 Å². The Balaban J connectivity index is 1.78. The molecule has 2 aliphatic heterocycles. The molecule has 1 unspecified atom stereocenters. The van der Waals surface area contributed by atoms with Crippen LogP contribution in [0.15, 0.2) is 16.6 Å². The number of hydrogen-bond donors (Lipinski definition) is 1. The lowest BCUT2D eigenvalue weighted by Gasteiger charge is -2.23. The first kappa shape index (κ1) is 11.4. The summed E-state index contributed by atoms with van der Waals surface area (Å²) < 4.78 is 11.9. The van der Waals surface area contributed by atoms with E-state index in [1.165, 1.54) is 24.9 Å². The Hall–Kier alpha value is -0.740. The number of hydrogen-bond acceptors (Lipinski definition) is 3. The average molecular weight is 298 g/mol. The molecule has 1 aromatic rings. The van der Waals surface area contributed by atoms with E-state index in [2.05, 4.69) is 27.3 Å². The molecule has 3 nitrogen and oxygen atoms in total. The van der Waals surface area contributed by atoms with E-state index in [9.17, 15) is 0 Å². The van der Waals surface area contributed by atoms with Crippen molar-refractivity contribution in [3.05, 3.63) is 22.2 Å². The maximum atomic E-state index is 5.42. The van der Waals surface area contributed by atoms with Gasteiger partial charge in [0.2, 0.25) is 6.79 Å². The van der Waals surface area contributed by atoms with Gasteiger partial charge in [-0.1, -0.05) is 15.9 Å². The summed E-state index contributed by atoms with van der Waals surface area (Å²) in [4.78, 5) is 0. The van der Waals surface area contributed by atoms with E-state index in [0.29, 0.717) is 6.79 Å². The maximum absolute atomic E-state index is 5.42. The van der Waals surface area contributed by atoms with Crippen molar-refractivity contribution in [2.75, 3.05) is 19.9 Å². The Kier molecular flexibility index (Phi) is 3.25. The zero-order chi connectivity index (χ0) is 11.7. The number of fused-ring (bicyclic) bond motifs is 1. The number of piperidine rings is 1. The molecular weight excluding hydrogens is 282 g/mol. The van der Waals surface area contributed by atoms with E-state index in [4.69, 9.17) is 9.47 Å². The van der Waals surface area contributed by atoms with Gasteiger partial charge in [0.05, 0.1) is 0 Å². The van der Waals surface area contributed by atoms with E-state index < -0.39 is 0 Å². The summed E-state index contributed by atoms with van der Waals surface area (Å²) in [5.74, 6) is 2.47. The maximum Gasteiger partial charge on any atom is 0.231 e. The minimum Gasteiger partial charge on any atom is -0.454 e. The average Bonchev–Trinajstić information content (AvgIpc) is 2.78. The zero-order valence-electron chi connectivity index (χ0n) is 9.67. The van der Waals surface area contributed by atoms with Crippen LogP contribution in [0.1, 0.15) is 18.4 Å². The van der Waals surface area contributed by atoms with Crippen LogP contribution in [0.3, 0.4) is 0 Å². The number of rotatable bonds is 2. The lowest BCUT2D eigenvalue weighted by atomic mass is 9.92. The van der Waals surface area contributed by atoms with E-state index in [1.54, 1.807) is 0 Å². The monoisotopic (exact) mass is 297 g/mol. The fourth-order valence-electron chi connectivity index (χ4n) is 2.52. The number of benzene rings is 1. The van der Waals surface area contributed by atoms with Crippen molar-refractivity contribution in [1.29, 1.82) is 0 Å². The molecule has 92 valence electrons. The van der Waals surface area contributed by atoms with E-state index in [1.807, 2.05) is 6.07 Å². The molecular formula is C13H16BrNO2. The highest BCUT2D eigenvalue weighted by Crippen LogP contribution is 2.38. The highest BCUT2D eigenvalue weighted by atomic mass is 79.9. The van der Waals surface area contributed by atoms with Gasteiger partial charge in [-0.2, -0.15) is 0 Å². The van der Waals surface area contributed by atoms with Crippen molar-refractivity contribution in [3.63, 3.8) is 0 Å². The third-order valence-electron chi connectivity index (χ3n) is 3.45. The smallest absolute Gasteiger partial charge is 0.231 e. The second-order valence-electron chi connectivity index (χ2n) is 4.71. The molecule has 17 heavy (non-hydrogen) atoms. The van der Waals surface area contributed by atoms with Gasteiger partial charge < -0.3 is 14.8 Å². The van der Waals surface area contributed by atoms with E-state index >= 15 is 0 Å². The Labute approximate surface area is 110 Å². The highest BCUT2D eigenvalue weighted by Gasteiger charge is 2.19. The van der Waals surface area contributed by atoms with Crippen molar-refractivity contribution < 1.29 is 9.47 Å². The van der Waals surface area contributed by atoms with Gasteiger partial charge in [-0.3, -0.25) is 0 Å². The third-order valence-corrected chi connectivity index (χ3v) is 4.19. The van der Waals surface area contributed by atoms with Crippen LogP contribution in [-0.2, 0) is 6.42 Å². The van der Waals surface area contributed by atoms with Crippen molar-refractivity contribution in [2.24, 2.45) is 5.92 Å². The van der Waals surface area contributed by atoms with Crippen LogP contribution < -0.4 is 14.8 Å². The zero-order valence-corrected chi connectivity index (χ0v) is 11.3. The first-order valence-corrected chi connectivity index (χ1v) is 6.91. The molecule has 2 aliphatic rings. The van der Waals surface area contributed by atoms with Crippen molar-refractivity contribution in [3.8, 4) is 11.5 Å². The van der Waals surface area contributed by atoms with Crippen molar-refractivity contribution in [2.45, 2.75) is 19.3 Å². The van der Waals surface area contributed by atoms with Gasteiger partial charge in [-0.05, 0) is 56.0 Å². The predicted octanol–water partition coefficient (Wildman–Crippen LogP) is 2.72. The summed E-state index contributed by atoms with van der Waals surface area (Å²) in [5, 5.41) is 3.46. The Bertz CT molecular complexity index is 416. The summed E-state index contributed by atoms with van der Waals surface area (Å²) in [6, 6.07) is 4.13. The van der Waals surface area contributed by atoms with Crippen LogP contribution in [0, 0.1) is 5.92 Å². The summed E-state index contributed by atoms with van der Waals surface area (Å²) in [6.45, 7) is 2.63. The first-order valence-electron chi connectivity index (χ1n) is 6.11. The fourth-order valence-corrected chi connectivity index (χ4v) is 3.01. The molecule has 1 N–H and O–H groups in total. The minimum atomic E-state index is 0.343. The molecule has 3 rings (SSSR count). The minimum absolute atomic E-state index is 0.343. The van der Waals surface area contributed by atoms with Gasteiger partial charge in [0.25, 0.3) is 0 Å². The van der Waals surface area contributed by atoms with Crippen LogP contribution in [0.2, 0.25) is 0 Å². The predicted molar refractivity (Wildman–Crippen MR) is 69.6 cm³/mol. The van der Waals surface area contributed by atoms with Crippen molar-refractivity contribution >= 4 is 15.9 Å². The fraction of sp³-hybridized carbons (Fsp3) is 0.538. The molecule has 4 heteroatoms. The third kappa shape index (κ3) is 2.43. The van der Waals surface area contributed by atoms with E-state index in [0.717, 1.165) is 34.9 Å². The SMILES string of the molecule is Brc1cc2c(cc1CC1CCCNC1)OCO2. The molecule has 2 heterocycles. The number of ether oxygens (including phenoxy) is 2. The van der Waals surface area contributed by atoms with Crippen LogP contribution in [0.4, 0.5) is 0 Å². The first-order chi connectivity index (χ1) is 8.33. The molecule has 1 fully saturated rings. The van der Waals surface area contributed by atoms with E-state index in [-0.39, 0.29) is 0 Å². The molecule has 0 amide bonds. The summed E-state index contributed by atoms with van der Waals surface area (Å²) >= 11 is 3.62. The lowest BCUT2D eigenvalue weighted by Crippen LogP contribution is -2.30. The second kappa shape index (κ2) is 4.86. The van der Waals surface area contributed by atoms with Gasteiger partial charge in [-0.15, -0.1) is 0 Å². The molecule has 1 atom stereocenters. The summed E-state index contributed by atoms with van der Waals surface area (Å²) in [6.07, 6.45) is 3.70. The summed E-state index contributed by atoms with van der Waals surface area (Å²) in [5.41, 5.74) is 1.32. The standard InChI is InChI=1S/C13H16BrNO2/c14-11-6-13-12(16-8-17-13)5-10(11)4-9-2-1-3-15-7-9/h5-6,9,15H,1-4,7-8H2. The lowest BCUT2D eigenvalue weighted by molar-refractivity contribution is 0.174. The van der Waals surface area contributed by atoms with Gasteiger partial charge in [0.1, 0.15) is 0 Å². The molecule has 0 spiro atoms. The topological polar surface area (TPSA) is 30.5 Å². The van der Waals surface area contributed by atoms with Gasteiger partial charge in [-0.25, -0.2) is 0 Å². The number of halogens is 1. The largest absolute Gasteiger partial charge is 0.454 e. The Morgan fingerprint density at radius 3 is 2.88 bits per heavy atom. The quantitative estimate of drug-likeness (QED) is 0.910. The van der Waals surface area contributed by atoms with Gasteiger partial charge >= 0.3 is 0 Å². The molecule has 0 aliphatic carbocycles. The Morgan fingerprint density at radius 2 is 2.12 bits per heavy atom. The number of nitrogens with one attached hydrogen (secondary N) is 1. The highest BCUT2D eigenvalue weighted by molar-refractivity contribution is 9.10. The molecule has 0 saturated carbocycles. The van der Waals surface area contributed by atoms with Gasteiger partial charge in [0.15, 0.2) is 11.5 Å². The second-order valence-corrected chi connectivity index (χ2v) is 5.57. The Morgan fingerprint density at radius 1 is 1.29 bits per heavy atom. The normalized spacial score (nSPS) is 22.8. The molecule has 1 aromatic carbocycles. The molecule has 1 saturated heterocycles. The van der Waals surface area contributed by atoms with Gasteiger partial charge in [0, 0.05) is 4.47 Å². The molecule has 0 radical (unpaired) electrons. The van der Waals surface area contributed by atoms with Crippen LogP contribution >= 0.6 is 15.9 Å². The molecule has 0 aromatic heterocycles. The summed E-state index contributed by atoms with van der Waals surface area (Å²) in [7, 11) is 0. The molecule has 0 bridgehead atoms. The van der Waals surface area contributed by atoms with Crippen LogP contribution in [-0.4, -0.2) is 19.9 Å².